The molecule has 124 valence electrons. The van der Waals surface area contributed by atoms with E-state index in [0.717, 1.165) is 10.0 Å². The van der Waals surface area contributed by atoms with Gasteiger partial charge in [-0.1, -0.05) is 17.7 Å². The van der Waals surface area contributed by atoms with E-state index < -0.39 is 0 Å². The van der Waals surface area contributed by atoms with Crippen molar-refractivity contribution in [2.75, 3.05) is 5.73 Å². The molecule has 1 aromatic heterocycles. The Morgan fingerprint density at radius 3 is 2.80 bits per heavy atom. The van der Waals surface area contributed by atoms with E-state index >= 15 is 0 Å². The van der Waals surface area contributed by atoms with Crippen LogP contribution in [-0.2, 0) is 0 Å². The van der Waals surface area contributed by atoms with E-state index in [-0.39, 0.29) is 0 Å². The van der Waals surface area contributed by atoms with E-state index in [1.54, 1.807) is 42.6 Å². The van der Waals surface area contributed by atoms with Gasteiger partial charge in [0.1, 0.15) is 11.8 Å². The normalized spacial score (nSPS) is 10.3. The lowest BCUT2D eigenvalue weighted by molar-refractivity contribution is 0.456. The van der Waals surface area contributed by atoms with Crippen LogP contribution in [0.3, 0.4) is 0 Å². The molecule has 0 saturated heterocycles. The predicted octanol–water partition coefficient (Wildman–Crippen LogP) is 5.11. The third kappa shape index (κ3) is 3.58. The molecule has 0 atom stereocenters. The zero-order chi connectivity index (χ0) is 18.0. The van der Waals surface area contributed by atoms with Gasteiger partial charge in [0.15, 0.2) is 5.82 Å². The number of aryl methyl sites for hydroxylation is 1. The van der Waals surface area contributed by atoms with Crippen molar-refractivity contribution in [3.05, 3.63) is 63.2 Å². The Morgan fingerprint density at radius 1 is 1.28 bits per heavy atom. The van der Waals surface area contributed by atoms with Gasteiger partial charge in [0.25, 0.3) is 0 Å². The molecule has 0 aliphatic rings. The summed E-state index contributed by atoms with van der Waals surface area (Å²) in [7, 11) is 0. The first-order valence-corrected chi connectivity index (χ1v) is 8.42. The topological polar surface area (TPSA) is 84.8 Å². The Kier molecular flexibility index (Phi) is 4.88. The number of ether oxygens (including phenoxy) is 1. The standard InChI is InChI=1S/C18H12BrClN4O/c1-10-7-12(20)8-14(19)17(10)25-15-5-6-23-18(24-15)13-4-2-3-11(9-21)16(13)22/h2-8H,22H2,1H3. The Labute approximate surface area is 158 Å². The van der Waals surface area contributed by atoms with Crippen molar-refractivity contribution in [2.45, 2.75) is 6.92 Å². The molecule has 0 spiro atoms. The number of nitrogens with two attached hydrogens (primary N) is 1. The Bertz CT molecular complexity index is 978. The molecular formula is C18H12BrClN4O. The predicted molar refractivity (Wildman–Crippen MR) is 101 cm³/mol. The molecule has 7 heteroatoms. The highest BCUT2D eigenvalue weighted by molar-refractivity contribution is 9.10. The molecule has 25 heavy (non-hydrogen) atoms. The fraction of sp³-hybridized carbons (Fsp3) is 0.0556. The van der Waals surface area contributed by atoms with E-state index in [2.05, 4.69) is 25.9 Å². The summed E-state index contributed by atoms with van der Waals surface area (Å²) in [6, 6.07) is 12.4. The fourth-order valence-corrected chi connectivity index (χ4v) is 3.35. The third-order valence-corrected chi connectivity index (χ3v) is 4.31. The molecule has 3 rings (SSSR count). The summed E-state index contributed by atoms with van der Waals surface area (Å²) in [6.07, 6.45) is 1.58. The summed E-state index contributed by atoms with van der Waals surface area (Å²) in [4.78, 5) is 8.64. The van der Waals surface area contributed by atoms with Crippen molar-refractivity contribution in [1.82, 2.24) is 9.97 Å². The highest BCUT2D eigenvalue weighted by Gasteiger charge is 2.13. The number of halogens is 2. The molecule has 1 heterocycles. The largest absolute Gasteiger partial charge is 0.437 e. The number of para-hydroxylation sites is 1. The zero-order valence-corrected chi connectivity index (χ0v) is 15.5. The van der Waals surface area contributed by atoms with Gasteiger partial charge in [0.2, 0.25) is 5.88 Å². The van der Waals surface area contributed by atoms with Gasteiger partial charge < -0.3 is 10.5 Å². The number of nitrogens with zero attached hydrogens (tertiary/aromatic N) is 3. The lowest BCUT2D eigenvalue weighted by Crippen LogP contribution is -1.99. The minimum absolute atomic E-state index is 0.339. The summed E-state index contributed by atoms with van der Waals surface area (Å²) < 4.78 is 6.62. The second kappa shape index (κ2) is 7.09. The number of aromatic nitrogens is 2. The molecule has 0 radical (unpaired) electrons. The molecule has 0 fully saturated rings. The summed E-state index contributed by atoms with van der Waals surface area (Å²) in [5, 5.41) is 9.72. The lowest BCUT2D eigenvalue weighted by atomic mass is 10.1. The number of benzene rings is 2. The summed E-state index contributed by atoms with van der Waals surface area (Å²) in [6.45, 7) is 1.89. The first kappa shape index (κ1) is 17.2. The maximum absolute atomic E-state index is 9.11. The molecule has 3 aromatic rings. The van der Waals surface area contributed by atoms with Crippen molar-refractivity contribution < 1.29 is 4.74 Å². The zero-order valence-electron chi connectivity index (χ0n) is 13.1. The second-order valence-corrected chi connectivity index (χ2v) is 6.52. The van der Waals surface area contributed by atoms with Gasteiger partial charge in [-0.2, -0.15) is 10.2 Å². The molecule has 0 amide bonds. The quantitative estimate of drug-likeness (QED) is 0.601. The summed E-state index contributed by atoms with van der Waals surface area (Å²) in [5.41, 5.74) is 8.19. The van der Waals surface area contributed by atoms with Crippen LogP contribution in [0.15, 0.2) is 47.1 Å². The van der Waals surface area contributed by atoms with Crippen LogP contribution in [0.2, 0.25) is 5.02 Å². The summed E-state index contributed by atoms with van der Waals surface area (Å²) in [5.74, 6) is 1.36. The third-order valence-electron chi connectivity index (χ3n) is 3.50. The van der Waals surface area contributed by atoms with E-state index in [1.807, 2.05) is 13.0 Å². The van der Waals surface area contributed by atoms with Crippen molar-refractivity contribution >= 4 is 33.2 Å². The molecule has 0 saturated carbocycles. The average Bonchev–Trinajstić information content (AvgIpc) is 2.58. The monoisotopic (exact) mass is 414 g/mol. The number of rotatable bonds is 3. The SMILES string of the molecule is Cc1cc(Cl)cc(Br)c1Oc1ccnc(-c2cccc(C#N)c2N)n1. The van der Waals surface area contributed by atoms with Crippen LogP contribution in [0.4, 0.5) is 5.69 Å². The van der Waals surface area contributed by atoms with E-state index in [1.165, 1.54) is 0 Å². The van der Waals surface area contributed by atoms with Crippen LogP contribution in [-0.4, -0.2) is 9.97 Å². The first-order chi connectivity index (χ1) is 12.0. The minimum Gasteiger partial charge on any atom is -0.437 e. The van der Waals surface area contributed by atoms with Gasteiger partial charge in [0, 0.05) is 22.8 Å². The van der Waals surface area contributed by atoms with Crippen LogP contribution < -0.4 is 10.5 Å². The molecule has 0 aliphatic heterocycles. The van der Waals surface area contributed by atoms with Gasteiger partial charge >= 0.3 is 0 Å². The maximum Gasteiger partial charge on any atom is 0.222 e. The van der Waals surface area contributed by atoms with E-state index in [4.69, 9.17) is 27.3 Å². The molecule has 2 aromatic carbocycles. The molecule has 0 bridgehead atoms. The lowest BCUT2D eigenvalue weighted by Gasteiger charge is -2.12. The van der Waals surface area contributed by atoms with Gasteiger partial charge in [-0.05, 0) is 52.7 Å². The number of anilines is 1. The molecule has 2 N–H and O–H groups in total. The number of hydrogen-bond acceptors (Lipinski definition) is 5. The molecule has 0 unspecified atom stereocenters. The Hall–Kier alpha value is -2.62. The first-order valence-electron chi connectivity index (χ1n) is 7.25. The van der Waals surface area contributed by atoms with Crippen LogP contribution in [0.25, 0.3) is 11.4 Å². The van der Waals surface area contributed by atoms with E-state index in [0.29, 0.717) is 39.3 Å². The van der Waals surface area contributed by atoms with Gasteiger partial charge in [0.05, 0.1) is 15.7 Å². The highest BCUT2D eigenvalue weighted by atomic mass is 79.9. The van der Waals surface area contributed by atoms with Gasteiger partial charge in [-0.25, -0.2) is 4.98 Å². The maximum atomic E-state index is 9.11. The number of hydrogen-bond donors (Lipinski definition) is 1. The van der Waals surface area contributed by atoms with Crippen molar-refractivity contribution in [3.8, 4) is 29.1 Å². The summed E-state index contributed by atoms with van der Waals surface area (Å²) >= 11 is 9.47. The second-order valence-electron chi connectivity index (χ2n) is 5.23. The smallest absolute Gasteiger partial charge is 0.222 e. The van der Waals surface area contributed by atoms with Gasteiger partial charge in [-0.15, -0.1) is 0 Å². The Morgan fingerprint density at radius 2 is 2.08 bits per heavy atom. The molecular weight excluding hydrogens is 404 g/mol. The van der Waals surface area contributed by atoms with Crippen molar-refractivity contribution in [3.63, 3.8) is 0 Å². The number of nitrogen functional groups attached to an aromatic ring is 1. The minimum atomic E-state index is 0.339. The molecule has 5 nitrogen and oxygen atoms in total. The van der Waals surface area contributed by atoms with Crippen molar-refractivity contribution in [1.29, 1.82) is 5.26 Å². The van der Waals surface area contributed by atoms with E-state index in [9.17, 15) is 0 Å². The highest BCUT2D eigenvalue weighted by Crippen LogP contribution is 2.35. The van der Waals surface area contributed by atoms with Crippen LogP contribution in [0, 0.1) is 18.3 Å². The van der Waals surface area contributed by atoms with Gasteiger partial charge in [-0.3, -0.25) is 0 Å². The number of nitriles is 1. The van der Waals surface area contributed by atoms with Crippen LogP contribution in [0.1, 0.15) is 11.1 Å². The molecule has 0 aliphatic carbocycles. The van der Waals surface area contributed by atoms with Crippen molar-refractivity contribution in [2.24, 2.45) is 0 Å². The van der Waals surface area contributed by atoms with Crippen LogP contribution >= 0.6 is 27.5 Å². The Balaban J connectivity index is 2.00. The fourth-order valence-electron chi connectivity index (χ4n) is 2.31. The van der Waals surface area contributed by atoms with Crippen LogP contribution in [0.5, 0.6) is 11.6 Å². The average molecular weight is 416 g/mol.